The van der Waals surface area contributed by atoms with E-state index < -0.39 is 21.9 Å². The maximum atomic E-state index is 11.1. The molecule has 0 spiro atoms. The zero-order valence-electron chi connectivity index (χ0n) is 7.43. The van der Waals surface area contributed by atoms with Gasteiger partial charge in [0.05, 0.1) is 12.2 Å². The zero-order valence-corrected chi connectivity index (χ0v) is 8.25. The summed E-state index contributed by atoms with van der Waals surface area (Å²) in [6.07, 6.45) is 2.31. The lowest BCUT2D eigenvalue weighted by Crippen LogP contribution is -2.41. The van der Waals surface area contributed by atoms with E-state index in [4.69, 9.17) is 5.11 Å². The van der Waals surface area contributed by atoms with Gasteiger partial charge in [-0.2, -0.15) is 0 Å². The molecular weight excluding hydrogens is 194 g/mol. The number of hydrogen-bond acceptors (Lipinski definition) is 3. The summed E-state index contributed by atoms with van der Waals surface area (Å²) in [6.45, 7) is 0.566. The Kier molecular flexibility index (Phi) is 2.92. The third-order valence-corrected chi connectivity index (χ3v) is 3.47. The summed E-state index contributed by atoms with van der Waals surface area (Å²) in [6, 6.07) is 0. The number of carbonyl (C=O) groups is 1. The third-order valence-electron chi connectivity index (χ3n) is 2.20. The van der Waals surface area contributed by atoms with E-state index in [2.05, 4.69) is 0 Å². The van der Waals surface area contributed by atoms with Gasteiger partial charge in [-0.25, -0.2) is 12.7 Å². The van der Waals surface area contributed by atoms with E-state index in [1.807, 2.05) is 0 Å². The molecule has 0 amide bonds. The first-order valence-electron chi connectivity index (χ1n) is 4.09. The van der Waals surface area contributed by atoms with Gasteiger partial charge in [0.25, 0.3) is 0 Å². The molecule has 6 heteroatoms. The van der Waals surface area contributed by atoms with Gasteiger partial charge in [0.2, 0.25) is 10.0 Å². The molecule has 0 radical (unpaired) electrons. The molecule has 1 N–H and O–H groups in total. The Balaban J connectivity index is 2.67. The first-order valence-corrected chi connectivity index (χ1v) is 5.94. The van der Waals surface area contributed by atoms with Gasteiger partial charge >= 0.3 is 5.97 Å². The molecule has 76 valence electrons. The average Bonchev–Trinajstić information content (AvgIpc) is 2.03. The minimum Gasteiger partial charge on any atom is -0.481 e. The summed E-state index contributed by atoms with van der Waals surface area (Å²) in [5.41, 5.74) is 0. The quantitative estimate of drug-likeness (QED) is 0.677. The molecule has 13 heavy (non-hydrogen) atoms. The van der Waals surface area contributed by atoms with E-state index in [1.54, 1.807) is 0 Å². The van der Waals surface area contributed by atoms with Gasteiger partial charge in [-0.1, -0.05) is 0 Å². The van der Waals surface area contributed by atoms with Crippen LogP contribution in [0.3, 0.4) is 0 Å². The van der Waals surface area contributed by atoms with Crippen molar-refractivity contribution in [2.75, 3.05) is 19.3 Å². The molecule has 0 aliphatic carbocycles. The van der Waals surface area contributed by atoms with Crippen LogP contribution in [0.2, 0.25) is 0 Å². The first-order chi connectivity index (χ1) is 5.91. The van der Waals surface area contributed by atoms with Crippen molar-refractivity contribution < 1.29 is 18.3 Å². The molecule has 0 aromatic rings. The van der Waals surface area contributed by atoms with Crippen molar-refractivity contribution >= 4 is 16.0 Å². The Bertz CT molecular complexity index is 298. The van der Waals surface area contributed by atoms with E-state index in [0.29, 0.717) is 19.4 Å². The zero-order chi connectivity index (χ0) is 10.1. The van der Waals surface area contributed by atoms with Crippen molar-refractivity contribution in [3.05, 3.63) is 0 Å². The number of nitrogens with zero attached hydrogens (tertiary/aromatic N) is 1. The lowest BCUT2D eigenvalue weighted by molar-refractivity contribution is -0.142. The van der Waals surface area contributed by atoms with Crippen LogP contribution >= 0.6 is 0 Å². The summed E-state index contributed by atoms with van der Waals surface area (Å²) < 4.78 is 23.4. The minimum atomic E-state index is -3.22. The lowest BCUT2D eigenvalue weighted by atomic mass is 10.0. The molecule has 1 atom stereocenters. The van der Waals surface area contributed by atoms with Crippen molar-refractivity contribution in [1.82, 2.24) is 4.31 Å². The largest absolute Gasteiger partial charge is 0.481 e. The smallest absolute Gasteiger partial charge is 0.307 e. The van der Waals surface area contributed by atoms with E-state index in [-0.39, 0.29) is 6.54 Å². The second-order valence-corrected chi connectivity index (χ2v) is 5.28. The molecule has 0 aromatic heterocycles. The Hall–Kier alpha value is -0.620. The summed E-state index contributed by atoms with van der Waals surface area (Å²) in [7, 11) is -3.22. The fourth-order valence-electron chi connectivity index (χ4n) is 1.45. The van der Waals surface area contributed by atoms with E-state index in [9.17, 15) is 13.2 Å². The molecule has 1 aliphatic rings. The highest BCUT2D eigenvalue weighted by Crippen LogP contribution is 2.18. The fourth-order valence-corrected chi connectivity index (χ4v) is 2.36. The van der Waals surface area contributed by atoms with E-state index in [1.165, 1.54) is 4.31 Å². The number of aliphatic carboxylic acids is 1. The molecule has 1 fully saturated rings. The van der Waals surface area contributed by atoms with Crippen LogP contribution in [-0.4, -0.2) is 43.1 Å². The number of rotatable bonds is 2. The van der Waals surface area contributed by atoms with Crippen LogP contribution < -0.4 is 0 Å². The van der Waals surface area contributed by atoms with Crippen molar-refractivity contribution in [2.24, 2.45) is 5.92 Å². The van der Waals surface area contributed by atoms with Crippen molar-refractivity contribution in [2.45, 2.75) is 12.8 Å². The van der Waals surface area contributed by atoms with E-state index in [0.717, 1.165) is 6.26 Å². The second kappa shape index (κ2) is 3.63. The highest BCUT2D eigenvalue weighted by molar-refractivity contribution is 7.88. The number of sulfonamides is 1. The molecule has 1 heterocycles. The van der Waals surface area contributed by atoms with Gasteiger partial charge in [-0.3, -0.25) is 4.79 Å². The van der Waals surface area contributed by atoms with Gasteiger partial charge in [-0.05, 0) is 12.8 Å². The van der Waals surface area contributed by atoms with Crippen LogP contribution in [0.1, 0.15) is 12.8 Å². The van der Waals surface area contributed by atoms with Crippen molar-refractivity contribution in [3.63, 3.8) is 0 Å². The molecule has 1 rings (SSSR count). The van der Waals surface area contributed by atoms with Crippen molar-refractivity contribution in [3.8, 4) is 0 Å². The second-order valence-electron chi connectivity index (χ2n) is 3.30. The monoisotopic (exact) mass is 207 g/mol. The summed E-state index contributed by atoms with van der Waals surface area (Å²) in [5, 5.41) is 8.70. The van der Waals surface area contributed by atoms with Gasteiger partial charge in [0, 0.05) is 13.1 Å². The molecule has 1 saturated heterocycles. The van der Waals surface area contributed by atoms with Crippen LogP contribution in [0.15, 0.2) is 0 Å². The van der Waals surface area contributed by atoms with Crippen LogP contribution in [0.25, 0.3) is 0 Å². The third kappa shape index (κ3) is 2.67. The molecule has 0 bridgehead atoms. The molecular formula is C7H13NO4S. The number of hydrogen-bond donors (Lipinski definition) is 1. The Morgan fingerprint density at radius 2 is 2.15 bits per heavy atom. The normalized spacial score (nSPS) is 25.8. The number of piperidine rings is 1. The van der Waals surface area contributed by atoms with Crippen LogP contribution in [0.5, 0.6) is 0 Å². The summed E-state index contributed by atoms with van der Waals surface area (Å²) >= 11 is 0. The standard InChI is InChI=1S/C7H13NO4S/c1-13(11,12)8-4-2-3-6(5-8)7(9)10/h6H,2-5H2,1H3,(H,9,10)/t6-/m1/s1. The van der Waals surface area contributed by atoms with E-state index >= 15 is 0 Å². The predicted molar refractivity (Wildman–Crippen MR) is 46.8 cm³/mol. The summed E-state index contributed by atoms with van der Waals surface area (Å²) in [4.78, 5) is 10.6. The Labute approximate surface area is 77.4 Å². The molecule has 0 aromatic carbocycles. The SMILES string of the molecule is CS(=O)(=O)N1CCC[C@@H](C(=O)O)C1. The van der Waals surface area contributed by atoms with Crippen molar-refractivity contribution in [1.29, 1.82) is 0 Å². The average molecular weight is 207 g/mol. The topological polar surface area (TPSA) is 74.7 Å². The van der Waals surface area contributed by atoms with Gasteiger partial charge in [0.15, 0.2) is 0 Å². The first kappa shape index (κ1) is 10.5. The van der Waals surface area contributed by atoms with Crippen LogP contribution in [0, 0.1) is 5.92 Å². The molecule has 5 nitrogen and oxygen atoms in total. The van der Waals surface area contributed by atoms with Crippen LogP contribution in [-0.2, 0) is 14.8 Å². The highest BCUT2D eigenvalue weighted by Gasteiger charge is 2.29. The Morgan fingerprint density at radius 3 is 2.62 bits per heavy atom. The van der Waals surface area contributed by atoms with Gasteiger partial charge in [-0.15, -0.1) is 0 Å². The Morgan fingerprint density at radius 1 is 1.54 bits per heavy atom. The summed E-state index contributed by atoms with van der Waals surface area (Å²) in [5.74, 6) is -1.45. The molecule has 1 aliphatic heterocycles. The molecule has 0 unspecified atom stereocenters. The highest BCUT2D eigenvalue weighted by atomic mass is 32.2. The number of carboxylic acids is 1. The van der Waals surface area contributed by atoms with Crippen LogP contribution in [0.4, 0.5) is 0 Å². The number of carboxylic acid groups (broad SMARTS) is 1. The van der Waals surface area contributed by atoms with Gasteiger partial charge < -0.3 is 5.11 Å². The maximum Gasteiger partial charge on any atom is 0.307 e. The van der Waals surface area contributed by atoms with Gasteiger partial charge in [0.1, 0.15) is 0 Å². The lowest BCUT2D eigenvalue weighted by Gasteiger charge is -2.28. The minimum absolute atomic E-state index is 0.119. The maximum absolute atomic E-state index is 11.1. The molecule has 0 saturated carbocycles. The fraction of sp³-hybridized carbons (Fsp3) is 0.857. The predicted octanol–water partition coefficient (Wildman–Crippen LogP) is -0.257.